The zero-order valence-electron chi connectivity index (χ0n) is 16.2. The van der Waals surface area contributed by atoms with Gasteiger partial charge in [0.2, 0.25) is 0 Å². The number of aliphatic hydroxyl groups is 1. The summed E-state index contributed by atoms with van der Waals surface area (Å²) < 4.78 is 5.19. The third kappa shape index (κ3) is 4.25. The Morgan fingerprint density at radius 3 is 2.33 bits per heavy atom. The highest BCUT2D eigenvalue weighted by molar-refractivity contribution is 7.99. The lowest BCUT2D eigenvalue weighted by atomic mass is 10.1. The summed E-state index contributed by atoms with van der Waals surface area (Å²) in [7, 11) is 0. The minimum absolute atomic E-state index is 0.170. The molecule has 1 aliphatic rings. The Morgan fingerprint density at radius 2 is 1.60 bits per heavy atom. The number of rotatable bonds is 5. The molecular formula is C24H21NO4S. The Kier molecular flexibility index (Phi) is 6.16. The largest absolute Gasteiger partial charge is 0.453 e. The maximum Gasteiger partial charge on any atom is 0.340 e. The summed E-state index contributed by atoms with van der Waals surface area (Å²) in [6.45, 7) is -0.439. The summed E-state index contributed by atoms with van der Waals surface area (Å²) in [4.78, 5) is 28.2. The zero-order valence-corrected chi connectivity index (χ0v) is 17.0. The Morgan fingerprint density at radius 1 is 0.967 bits per heavy atom. The number of anilines is 1. The van der Waals surface area contributed by atoms with Crippen molar-refractivity contribution in [3.63, 3.8) is 0 Å². The fraction of sp³-hybridized carbons (Fsp3) is 0.167. The number of amides is 1. The monoisotopic (exact) mass is 419 g/mol. The number of carbonyl (C=O) groups excluding carboxylic acids is 2. The van der Waals surface area contributed by atoms with Crippen molar-refractivity contribution in [2.75, 3.05) is 17.3 Å². The number of esters is 1. The molecule has 4 rings (SSSR count). The van der Waals surface area contributed by atoms with Gasteiger partial charge in [-0.25, -0.2) is 4.79 Å². The van der Waals surface area contributed by atoms with Gasteiger partial charge in [0.15, 0.2) is 12.7 Å². The van der Waals surface area contributed by atoms with Gasteiger partial charge in [-0.2, -0.15) is 0 Å². The molecule has 1 N–H and O–H groups in total. The molecule has 0 saturated heterocycles. The lowest BCUT2D eigenvalue weighted by molar-refractivity contribution is -0.156. The molecule has 1 amide bonds. The van der Waals surface area contributed by atoms with Gasteiger partial charge in [-0.15, -0.1) is 11.8 Å². The van der Waals surface area contributed by atoms with Crippen LogP contribution in [0.25, 0.3) is 0 Å². The molecule has 1 aliphatic heterocycles. The number of aliphatic hydroxyl groups excluding tert-OH is 1. The molecule has 0 bridgehead atoms. The molecule has 0 saturated carbocycles. The van der Waals surface area contributed by atoms with Crippen LogP contribution in [-0.4, -0.2) is 29.3 Å². The van der Waals surface area contributed by atoms with Crippen LogP contribution in [-0.2, 0) is 14.3 Å². The number of nitrogens with zero attached hydrogens (tertiary/aromatic N) is 1. The summed E-state index contributed by atoms with van der Waals surface area (Å²) in [5, 5.41) is 10.2. The number of para-hydroxylation sites is 1. The fourth-order valence-corrected chi connectivity index (χ4v) is 4.64. The quantitative estimate of drug-likeness (QED) is 0.630. The lowest BCUT2D eigenvalue weighted by Gasteiger charge is -2.37. The van der Waals surface area contributed by atoms with Crippen LogP contribution in [0.4, 0.5) is 5.69 Å². The van der Waals surface area contributed by atoms with Gasteiger partial charge in [-0.1, -0.05) is 72.8 Å². The standard InChI is InChI=1S/C24H21NO4S/c26-22(15-29-24(28)23(27)18-11-5-2-6-12-18)25-19-13-7-8-14-21(19)30-16-20(25)17-9-3-1-4-10-17/h1-14,20,23,27H,15-16H2/t20-,23-/m0/s1. The Balaban J connectivity index is 1.53. The van der Waals surface area contributed by atoms with Gasteiger partial charge < -0.3 is 9.84 Å². The van der Waals surface area contributed by atoms with Crippen LogP contribution in [0.3, 0.4) is 0 Å². The van der Waals surface area contributed by atoms with Gasteiger partial charge in [0.05, 0.1) is 11.7 Å². The van der Waals surface area contributed by atoms with Crippen LogP contribution in [0.2, 0.25) is 0 Å². The Hall–Kier alpha value is -3.09. The highest BCUT2D eigenvalue weighted by Crippen LogP contribution is 2.43. The maximum atomic E-state index is 13.2. The zero-order chi connectivity index (χ0) is 20.9. The van der Waals surface area contributed by atoms with E-state index in [1.165, 1.54) is 0 Å². The average molecular weight is 420 g/mol. The number of hydrogen-bond donors (Lipinski definition) is 1. The van der Waals surface area contributed by atoms with Gasteiger partial charge in [0.1, 0.15) is 0 Å². The van der Waals surface area contributed by atoms with Crippen molar-refractivity contribution in [3.05, 3.63) is 96.1 Å². The molecule has 5 nitrogen and oxygen atoms in total. The molecule has 0 aliphatic carbocycles. The van der Waals surface area contributed by atoms with E-state index < -0.39 is 18.7 Å². The van der Waals surface area contributed by atoms with E-state index in [9.17, 15) is 14.7 Å². The fourth-order valence-electron chi connectivity index (χ4n) is 3.47. The molecule has 6 heteroatoms. The van der Waals surface area contributed by atoms with Crippen molar-refractivity contribution in [1.29, 1.82) is 0 Å². The van der Waals surface area contributed by atoms with Gasteiger partial charge in [-0.3, -0.25) is 9.69 Å². The summed E-state index contributed by atoms with van der Waals surface area (Å²) in [6, 6.07) is 25.9. The Labute approximate surface area is 179 Å². The Bertz CT molecular complexity index is 1030. The summed E-state index contributed by atoms with van der Waals surface area (Å²) in [5.74, 6) is -0.469. The smallest absolute Gasteiger partial charge is 0.340 e. The lowest BCUT2D eigenvalue weighted by Crippen LogP contribution is -2.41. The van der Waals surface area contributed by atoms with E-state index in [2.05, 4.69) is 0 Å². The van der Waals surface area contributed by atoms with Crippen molar-refractivity contribution >= 4 is 29.3 Å². The van der Waals surface area contributed by atoms with Crippen molar-refractivity contribution in [2.45, 2.75) is 17.0 Å². The number of benzene rings is 3. The van der Waals surface area contributed by atoms with Crippen LogP contribution < -0.4 is 4.90 Å². The van der Waals surface area contributed by atoms with Gasteiger partial charge in [-0.05, 0) is 23.3 Å². The molecule has 2 atom stereocenters. The van der Waals surface area contributed by atoms with Crippen molar-refractivity contribution in [2.24, 2.45) is 0 Å². The first-order chi connectivity index (χ1) is 14.6. The molecule has 30 heavy (non-hydrogen) atoms. The van der Waals surface area contributed by atoms with E-state index >= 15 is 0 Å². The summed E-state index contributed by atoms with van der Waals surface area (Å²) >= 11 is 1.70. The highest BCUT2D eigenvalue weighted by Gasteiger charge is 2.33. The predicted molar refractivity (Wildman–Crippen MR) is 116 cm³/mol. The molecule has 0 radical (unpaired) electrons. The van der Waals surface area contributed by atoms with E-state index in [1.54, 1.807) is 47.0 Å². The SMILES string of the molecule is O=C(OCC(=O)N1c2ccccc2SC[C@H]1c1ccccc1)[C@@H](O)c1ccccc1. The third-order valence-electron chi connectivity index (χ3n) is 4.96. The average Bonchev–Trinajstić information content (AvgIpc) is 2.82. The number of thioether (sulfide) groups is 1. The summed E-state index contributed by atoms with van der Waals surface area (Å²) in [6.07, 6.45) is -1.42. The van der Waals surface area contributed by atoms with Crippen molar-refractivity contribution < 1.29 is 19.4 Å². The minimum Gasteiger partial charge on any atom is -0.453 e. The minimum atomic E-state index is -1.42. The molecule has 0 spiro atoms. The first-order valence-electron chi connectivity index (χ1n) is 9.63. The molecular weight excluding hydrogens is 398 g/mol. The van der Waals surface area contributed by atoms with Gasteiger partial charge in [0, 0.05) is 10.6 Å². The highest BCUT2D eigenvalue weighted by atomic mass is 32.2. The topological polar surface area (TPSA) is 66.8 Å². The van der Waals surface area contributed by atoms with E-state index in [0.717, 1.165) is 16.1 Å². The number of fused-ring (bicyclic) bond motifs is 1. The van der Waals surface area contributed by atoms with Gasteiger partial charge >= 0.3 is 5.97 Å². The number of hydrogen-bond acceptors (Lipinski definition) is 5. The van der Waals surface area contributed by atoms with E-state index in [1.807, 2.05) is 54.6 Å². The maximum absolute atomic E-state index is 13.2. The first kappa shape index (κ1) is 20.2. The van der Waals surface area contributed by atoms with Crippen LogP contribution in [0, 0.1) is 0 Å². The second-order valence-electron chi connectivity index (χ2n) is 6.89. The molecule has 0 unspecified atom stereocenters. The third-order valence-corrected chi connectivity index (χ3v) is 6.10. The number of ether oxygens (including phenoxy) is 1. The van der Waals surface area contributed by atoms with Crippen LogP contribution >= 0.6 is 11.8 Å². The number of carbonyl (C=O) groups is 2. The molecule has 3 aromatic carbocycles. The van der Waals surface area contributed by atoms with Crippen LogP contribution in [0.1, 0.15) is 23.3 Å². The molecule has 3 aromatic rings. The molecule has 152 valence electrons. The van der Waals surface area contributed by atoms with E-state index in [4.69, 9.17) is 4.74 Å². The van der Waals surface area contributed by atoms with E-state index in [-0.39, 0.29) is 11.9 Å². The normalized spacial score (nSPS) is 16.4. The van der Waals surface area contributed by atoms with Crippen molar-refractivity contribution in [1.82, 2.24) is 0 Å². The van der Waals surface area contributed by atoms with E-state index in [0.29, 0.717) is 11.3 Å². The first-order valence-corrected chi connectivity index (χ1v) is 10.6. The second-order valence-corrected chi connectivity index (χ2v) is 7.95. The molecule has 0 fully saturated rings. The second kappa shape index (κ2) is 9.15. The molecule has 1 heterocycles. The van der Waals surface area contributed by atoms with Crippen LogP contribution in [0.15, 0.2) is 89.8 Å². The van der Waals surface area contributed by atoms with Crippen LogP contribution in [0.5, 0.6) is 0 Å². The van der Waals surface area contributed by atoms with Gasteiger partial charge in [0.25, 0.3) is 5.91 Å². The summed E-state index contributed by atoms with van der Waals surface area (Å²) in [5.41, 5.74) is 2.24. The molecule has 0 aromatic heterocycles. The van der Waals surface area contributed by atoms with Crippen molar-refractivity contribution in [3.8, 4) is 0 Å². The predicted octanol–water partition coefficient (Wildman–Crippen LogP) is 4.14.